The minimum Gasteiger partial charge on any atom is -0.465 e. The van der Waals surface area contributed by atoms with Crippen LogP contribution in [0.15, 0.2) is 0 Å². The van der Waals surface area contributed by atoms with Gasteiger partial charge in [0.1, 0.15) is 0 Å². The molecule has 0 rings (SSSR count). The molecular formula is C10H21O5P. The average Bonchev–Trinajstić information content (AvgIpc) is 2.18. The Hall–Kier alpha value is -0.380. The number of carbonyl (C=O) groups excluding carboxylic acids is 1. The number of rotatable bonds is 7. The molecule has 1 unspecified atom stereocenters. The van der Waals surface area contributed by atoms with Crippen LogP contribution in [0.4, 0.5) is 0 Å². The maximum Gasteiger partial charge on any atom is 0.342 e. The van der Waals surface area contributed by atoms with Gasteiger partial charge < -0.3 is 14.5 Å². The van der Waals surface area contributed by atoms with E-state index in [4.69, 9.17) is 4.74 Å². The van der Waals surface area contributed by atoms with Crippen molar-refractivity contribution >= 4 is 13.6 Å². The summed E-state index contributed by atoms with van der Waals surface area (Å²) in [6.45, 7) is 5.27. The number of unbranched alkanes of at least 4 members (excludes halogenated alkanes) is 1. The maximum absolute atomic E-state index is 11.7. The first kappa shape index (κ1) is 15.6. The Bertz CT molecular complexity index is 272. The molecule has 0 saturated carbocycles. The SMILES string of the molecule is CCCCC(CC)(C(=O)OCC)P(=O)(O)O. The van der Waals surface area contributed by atoms with Crippen LogP contribution in [0, 0.1) is 0 Å². The van der Waals surface area contributed by atoms with E-state index in [0.717, 1.165) is 6.42 Å². The fourth-order valence-electron chi connectivity index (χ4n) is 1.63. The summed E-state index contributed by atoms with van der Waals surface area (Å²) >= 11 is 0. The van der Waals surface area contributed by atoms with Crippen LogP contribution < -0.4 is 0 Å². The first-order chi connectivity index (χ1) is 7.35. The van der Waals surface area contributed by atoms with Gasteiger partial charge in [0.25, 0.3) is 0 Å². The predicted octanol–water partition coefficient (Wildman–Crippen LogP) is 2.07. The van der Waals surface area contributed by atoms with Gasteiger partial charge in [0.15, 0.2) is 5.16 Å². The normalized spacial score (nSPS) is 15.6. The molecule has 16 heavy (non-hydrogen) atoms. The Morgan fingerprint density at radius 3 is 2.19 bits per heavy atom. The summed E-state index contributed by atoms with van der Waals surface area (Å²) in [5.41, 5.74) is 0. The fourth-order valence-corrected chi connectivity index (χ4v) is 2.79. The third-order valence-corrected chi connectivity index (χ3v) is 4.58. The number of hydrogen-bond donors (Lipinski definition) is 2. The van der Waals surface area contributed by atoms with E-state index >= 15 is 0 Å². The van der Waals surface area contributed by atoms with E-state index < -0.39 is 18.7 Å². The molecule has 0 bridgehead atoms. The van der Waals surface area contributed by atoms with Gasteiger partial charge in [-0.1, -0.05) is 26.7 Å². The molecule has 0 aromatic rings. The number of esters is 1. The monoisotopic (exact) mass is 252 g/mol. The van der Waals surface area contributed by atoms with Crippen LogP contribution in [0.25, 0.3) is 0 Å². The van der Waals surface area contributed by atoms with E-state index in [9.17, 15) is 19.1 Å². The lowest BCUT2D eigenvalue weighted by Gasteiger charge is -2.30. The van der Waals surface area contributed by atoms with E-state index in [2.05, 4.69) is 0 Å². The lowest BCUT2D eigenvalue weighted by atomic mass is 9.98. The van der Waals surface area contributed by atoms with Crippen molar-refractivity contribution in [3.63, 3.8) is 0 Å². The first-order valence-electron chi connectivity index (χ1n) is 5.58. The molecule has 0 spiro atoms. The molecule has 0 aromatic carbocycles. The molecule has 0 radical (unpaired) electrons. The molecule has 96 valence electrons. The molecule has 0 fully saturated rings. The lowest BCUT2D eigenvalue weighted by molar-refractivity contribution is -0.147. The summed E-state index contributed by atoms with van der Waals surface area (Å²) in [6, 6.07) is 0. The minimum absolute atomic E-state index is 0.0934. The van der Waals surface area contributed by atoms with Crippen molar-refractivity contribution in [3.05, 3.63) is 0 Å². The van der Waals surface area contributed by atoms with Crippen molar-refractivity contribution in [1.82, 2.24) is 0 Å². The van der Waals surface area contributed by atoms with E-state index in [-0.39, 0.29) is 19.4 Å². The van der Waals surface area contributed by atoms with Crippen LogP contribution in [0.2, 0.25) is 0 Å². The van der Waals surface area contributed by atoms with Crippen molar-refractivity contribution in [2.45, 2.75) is 51.6 Å². The zero-order chi connectivity index (χ0) is 12.8. The Labute approximate surface area is 96.4 Å². The van der Waals surface area contributed by atoms with Crippen molar-refractivity contribution < 1.29 is 23.9 Å². The summed E-state index contributed by atoms with van der Waals surface area (Å²) in [5, 5.41) is -1.65. The van der Waals surface area contributed by atoms with Crippen LogP contribution in [-0.2, 0) is 14.1 Å². The largest absolute Gasteiger partial charge is 0.465 e. The topological polar surface area (TPSA) is 83.8 Å². The zero-order valence-electron chi connectivity index (χ0n) is 10.1. The summed E-state index contributed by atoms with van der Waals surface area (Å²) in [7, 11) is -4.50. The minimum atomic E-state index is -4.50. The number of hydrogen-bond acceptors (Lipinski definition) is 3. The smallest absolute Gasteiger partial charge is 0.342 e. The summed E-state index contributed by atoms with van der Waals surface area (Å²) in [6.07, 6.45) is 1.64. The van der Waals surface area contributed by atoms with Crippen LogP contribution in [-0.4, -0.2) is 27.5 Å². The van der Waals surface area contributed by atoms with Gasteiger partial charge in [0.05, 0.1) is 6.61 Å². The zero-order valence-corrected chi connectivity index (χ0v) is 11.0. The molecule has 0 aliphatic carbocycles. The van der Waals surface area contributed by atoms with Crippen molar-refractivity contribution in [2.75, 3.05) is 6.61 Å². The van der Waals surface area contributed by atoms with Crippen molar-refractivity contribution in [1.29, 1.82) is 0 Å². The second-order valence-electron chi connectivity index (χ2n) is 3.75. The molecule has 6 heteroatoms. The second kappa shape index (κ2) is 6.38. The molecule has 0 saturated heterocycles. The second-order valence-corrected chi connectivity index (χ2v) is 5.70. The first-order valence-corrected chi connectivity index (χ1v) is 7.19. The van der Waals surface area contributed by atoms with E-state index in [1.807, 2.05) is 6.92 Å². The third-order valence-electron chi connectivity index (χ3n) is 2.74. The van der Waals surface area contributed by atoms with Crippen molar-refractivity contribution in [3.8, 4) is 0 Å². The molecule has 0 aromatic heterocycles. The van der Waals surface area contributed by atoms with E-state index in [0.29, 0.717) is 6.42 Å². The average molecular weight is 252 g/mol. The van der Waals surface area contributed by atoms with Crippen molar-refractivity contribution in [2.24, 2.45) is 0 Å². The fraction of sp³-hybridized carbons (Fsp3) is 0.900. The summed E-state index contributed by atoms with van der Waals surface area (Å²) in [4.78, 5) is 30.5. The molecule has 0 heterocycles. The van der Waals surface area contributed by atoms with Gasteiger partial charge in [-0.05, 0) is 19.8 Å². The highest BCUT2D eigenvalue weighted by Gasteiger charge is 2.52. The van der Waals surface area contributed by atoms with Gasteiger partial charge in [-0.25, -0.2) is 0 Å². The molecule has 0 aliphatic rings. The van der Waals surface area contributed by atoms with E-state index in [1.54, 1.807) is 13.8 Å². The summed E-state index contributed by atoms with van der Waals surface area (Å²) in [5.74, 6) is -0.778. The Balaban J connectivity index is 5.12. The van der Waals surface area contributed by atoms with E-state index in [1.165, 1.54) is 0 Å². The highest BCUT2D eigenvalue weighted by Crippen LogP contribution is 2.55. The molecule has 1 atom stereocenters. The van der Waals surface area contributed by atoms with Crippen LogP contribution in [0.1, 0.15) is 46.5 Å². The third kappa shape index (κ3) is 3.30. The predicted molar refractivity (Wildman–Crippen MR) is 61.2 cm³/mol. The molecule has 0 aliphatic heterocycles. The molecule has 2 N–H and O–H groups in total. The number of carbonyl (C=O) groups is 1. The van der Waals surface area contributed by atoms with Gasteiger partial charge >= 0.3 is 13.6 Å². The Kier molecular flexibility index (Phi) is 6.23. The van der Waals surface area contributed by atoms with Crippen LogP contribution >= 0.6 is 7.60 Å². The standard InChI is InChI=1S/C10H21O5P/c1-4-7-8-10(5-2,16(12,13)14)9(11)15-6-3/h4-8H2,1-3H3,(H2,12,13,14). The molecule has 0 amide bonds. The van der Waals surface area contributed by atoms with Gasteiger partial charge in [-0.15, -0.1) is 0 Å². The highest BCUT2D eigenvalue weighted by atomic mass is 31.2. The van der Waals surface area contributed by atoms with Gasteiger partial charge in [0.2, 0.25) is 0 Å². The summed E-state index contributed by atoms with van der Waals surface area (Å²) < 4.78 is 16.3. The van der Waals surface area contributed by atoms with Crippen LogP contribution in [0.3, 0.4) is 0 Å². The Morgan fingerprint density at radius 2 is 1.88 bits per heavy atom. The quantitative estimate of drug-likeness (QED) is 0.535. The van der Waals surface area contributed by atoms with Gasteiger partial charge in [-0.2, -0.15) is 0 Å². The molecule has 5 nitrogen and oxygen atoms in total. The van der Waals surface area contributed by atoms with Gasteiger partial charge in [-0.3, -0.25) is 9.36 Å². The number of ether oxygens (including phenoxy) is 1. The Morgan fingerprint density at radius 1 is 1.31 bits per heavy atom. The lowest BCUT2D eigenvalue weighted by Crippen LogP contribution is -2.39. The maximum atomic E-state index is 11.7. The van der Waals surface area contributed by atoms with Gasteiger partial charge in [0, 0.05) is 0 Å². The molecular weight excluding hydrogens is 231 g/mol. The highest BCUT2D eigenvalue weighted by molar-refractivity contribution is 7.54. The van der Waals surface area contributed by atoms with Crippen LogP contribution in [0.5, 0.6) is 0 Å².